The normalized spacial score (nSPS) is 11.9. The molecule has 0 spiro atoms. The topological polar surface area (TPSA) is 63.6 Å². The first-order valence-electron chi connectivity index (χ1n) is 5.48. The molecule has 24 heavy (non-hydrogen) atoms. The Morgan fingerprint density at radius 2 is 1.62 bits per heavy atom. The number of methoxy groups -OCH3 is 1. The molecule has 0 unspecified atom stereocenters. The molecular formula is C12H9EuF6O4P. The molecule has 0 heterocycles. The predicted molar refractivity (Wildman–Crippen MR) is 68.1 cm³/mol. The standard InChI is InChI=1S/C7H7O2P.C5H2F6O2.Eu/c1-9-6-4-2-3-5-7(6)10-8;6-4(7,8)2(12)1-3(13)5(9,10)11;/h2-5H,1H3;1,12H;/b;2-1-;. The molecule has 1 aromatic rings. The number of hydrogen-bond donors (Lipinski definition) is 1. The zero-order valence-electron chi connectivity index (χ0n) is 11.7. The van der Waals surface area contributed by atoms with Gasteiger partial charge in [0, 0.05) is 55.5 Å². The molecule has 0 saturated heterocycles. The van der Waals surface area contributed by atoms with Crippen LogP contribution in [0.3, 0.4) is 0 Å². The van der Waals surface area contributed by atoms with Gasteiger partial charge in [0.2, 0.25) is 5.76 Å². The van der Waals surface area contributed by atoms with E-state index in [1.807, 2.05) is 12.1 Å². The zero-order valence-corrected chi connectivity index (χ0v) is 15.0. The molecule has 0 bridgehead atoms. The number of aliphatic hydroxyl groups is 1. The molecule has 4 nitrogen and oxygen atoms in total. The van der Waals surface area contributed by atoms with Gasteiger partial charge in [-0.15, -0.1) is 0 Å². The second-order valence-electron chi connectivity index (χ2n) is 3.65. The Hall–Kier alpha value is -0.506. The van der Waals surface area contributed by atoms with Gasteiger partial charge in [0.1, 0.15) is 5.75 Å². The Balaban J connectivity index is 0. The maximum absolute atomic E-state index is 11.4. The number of carbonyl (C=O) groups is 1. The van der Waals surface area contributed by atoms with Crippen LogP contribution in [0.25, 0.3) is 0 Å². The molecule has 0 saturated carbocycles. The minimum Gasteiger partial charge on any atom is -0.504 e. The summed E-state index contributed by atoms with van der Waals surface area (Å²) >= 11 is 0. The molecule has 0 aromatic heterocycles. The van der Waals surface area contributed by atoms with Gasteiger partial charge in [-0.25, -0.2) is 0 Å². The third-order valence-electron chi connectivity index (χ3n) is 2.02. The van der Waals surface area contributed by atoms with E-state index >= 15 is 0 Å². The average molecular weight is 514 g/mol. The number of rotatable bonds is 3. The molecule has 135 valence electrons. The summed E-state index contributed by atoms with van der Waals surface area (Å²) in [7, 11) is 1.56. The van der Waals surface area contributed by atoms with Crippen LogP contribution in [-0.2, 0) is 9.36 Å². The van der Waals surface area contributed by atoms with Crippen molar-refractivity contribution >= 4 is 19.5 Å². The Morgan fingerprint density at radius 3 is 1.96 bits per heavy atom. The van der Waals surface area contributed by atoms with E-state index in [4.69, 9.17) is 9.84 Å². The van der Waals surface area contributed by atoms with Crippen molar-refractivity contribution in [2.75, 3.05) is 7.11 Å². The Morgan fingerprint density at radius 1 is 1.12 bits per heavy atom. The first-order valence-corrected chi connectivity index (χ1v) is 6.30. The molecule has 1 N–H and O–H groups in total. The minimum absolute atomic E-state index is 0. The van der Waals surface area contributed by atoms with Crippen molar-refractivity contribution in [1.82, 2.24) is 0 Å². The summed E-state index contributed by atoms with van der Waals surface area (Å²) in [5.41, 5.74) is 0. The average Bonchev–Trinajstić information content (AvgIpc) is 2.45. The van der Waals surface area contributed by atoms with Gasteiger partial charge in [0.25, 0.3) is 5.78 Å². The van der Waals surface area contributed by atoms with Crippen molar-refractivity contribution in [3.63, 3.8) is 0 Å². The fourth-order valence-electron chi connectivity index (χ4n) is 0.993. The van der Waals surface area contributed by atoms with Crippen LogP contribution in [-0.4, -0.2) is 30.4 Å². The first kappa shape index (κ1) is 25.7. The fourth-order valence-corrected chi connectivity index (χ4v) is 1.40. The van der Waals surface area contributed by atoms with Gasteiger partial charge in [-0.2, -0.15) is 26.3 Å². The maximum Gasteiger partial charge on any atom is 0.454 e. The number of allylic oxidation sites excluding steroid dienone is 2. The summed E-state index contributed by atoms with van der Waals surface area (Å²) in [6.45, 7) is 0. The van der Waals surface area contributed by atoms with E-state index in [0.717, 1.165) is 0 Å². The number of para-hydroxylation sites is 1. The molecule has 1 rings (SSSR count). The fraction of sp³-hybridized carbons (Fsp3) is 0.250. The van der Waals surface area contributed by atoms with E-state index < -0.39 is 30.0 Å². The number of carbonyl (C=O) groups excluding carboxylic acids is 1. The molecule has 0 amide bonds. The molecule has 0 aliphatic heterocycles. The van der Waals surface area contributed by atoms with Crippen LogP contribution in [0.15, 0.2) is 36.1 Å². The minimum atomic E-state index is -5.42. The summed E-state index contributed by atoms with van der Waals surface area (Å²) in [4.78, 5) is 9.86. The van der Waals surface area contributed by atoms with Crippen LogP contribution < -0.4 is 10.0 Å². The van der Waals surface area contributed by atoms with E-state index in [-0.39, 0.29) is 57.8 Å². The van der Waals surface area contributed by atoms with E-state index in [1.54, 1.807) is 19.2 Å². The van der Waals surface area contributed by atoms with Crippen molar-refractivity contribution in [1.29, 1.82) is 0 Å². The SMILES string of the molecule is COc1ccccc1P=O.O=C(/C=C(\O)C(F)(F)F)C(F)(F)F.[Eu]. The van der Waals surface area contributed by atoms with Crippen LogP contribution in [0, 0.1) is 49.4 Å². The van der Waals surface area contributed by atoms with E-state index in [9.17, 15) is 35.7 Å². The van der Waals surface area contributed by atoms with E-state index in [2.05, 4.69) is 0 Å². The first-order chi connectivity index (χ1) is 10.4. The summed E-state index contributed by atoms with van der Waals surface area (Å²) in [6, 6.07) is 7.20. The summed E-state index contributed by atoms with van der Waals surface area (Å²) in [5, 5.41) is 8.62. The smallest absolute Gasteiger partial charge is 0.454 e. The Labute approximate surface area is 174 Å². The molecule has 1 aromatic carbocycles. The van der Waals surface area contributed by atoms with Crippen molar-refractivity contribution in [3.05, 3.63) is 36.1 Å². The third kappa shape index (κ3) is 9.71. The molecule has 0 aliphatic carbocycles. The molecule has 1 radical (unpaired) electrons. The van der Waals surface area contributed by atoms with Crippen LogP contribution in [0.1, 0.15) is 0 Å². The maximum atomic E-state index is 11.4. The summed E-state index contributed by atoms with van der Waals surface area (Å²) in [5.74, 6) is -4.67. The van der Waals surface area contributed by atoms with Gasteiger partial charge in [0.05, 0.1) is 12.4 Å². The number of ether oxygens (including phenoxy) is 1. The molecule has 0 fully saturated rings. The van der Waals surface area contributed by atoms with Gasteiger partial charge in [-0.3, -0.25) is 9.36 Å². The van der Waals surface area contributed by atoms with Gasteiger partial charge in [-0.05, 0) is 12.1 Å². The number of alkyl halides is 6. The largest absolute Gasteiger partial charge is 0.504 e. The van der Waals surface area contributed by atoms with Gasteiger partial charge in [-0.1, -0.05) is 12.1 Å². The van der Waals surface area contributed by atoms with E-state index in [1.165, 1.54) is 0 Å². The van der Waals surface area contributed by atoms with E-state index in [0.29, 0.717) is 11.1 Å². The van der Waals surface area contributed by atoms with Crippen molar-refractivity contribution in [3.8, 4) is 5.75 Å². The number of aliphatic hydroxyl groups excluding tert-OH is 1. The Bertz CT molecular complexity index is 586. The third-order valence-corrected chi connectivity index (χ3v) is 2.59. The van der Waals surface area contributed by atoms with Crippen molar-refractivity contribution in [2.45, 2.75) is 12.4 Å². The van der Waals surface area contributed by atoms with Crippen LogP contribution >= 0.6 is 8.46 Å². The van der Waals surface area contributed by atoms with Gasteiger partial charge < -0.3 is 9.84 Å². The Kier molecular flexibility index (Phi) is 12.0. The number of benzene rings is 1. The predicted octanol–water partition coefficient (Wildman–Crippen LogP) is 3.73. The number of halogens is 6. The van der Waals surface area contributed by atoms with Crippen LogP contribution in [0.4, 0.5) is 26.3 Å². The summed E-state index contributed by atoms with van der Waals surface area (Å²) < 4.78 is 83.4. The van der Waals surface area contributed by atoms with Crippen molar-refractivity contribution in [2.24, 2.45) is 0 Å². The number of ketones is 1. The molecule has 12 heteroatoms. The molecule has 0 aliphatic rings. The molecular weight excluding hydrogens is 505 g/mol. The second kappa shape index (κ2) is 11.2. The zero-order chi connectivity index (χ0) is 18.3. The number of hydrogen-bond acceptors (Lipinski definition) is 4. The van der Waals surface area contributed by atoms with Gasteiger partial charge >= 0.3 is 12.4 Å². The monoisotopic (exact) mass is 515 g/mol. The molecule has 0 atom stereocenters. The second-order valence-corrected chi connectivity index (χ2v) is 4.32. The summed E-state index contributed by atoms with van der Waals surface area (Å²) in [6.07, 6.45) is -11.7. The van der Waals surface area contributed by atoms with Gasteiger partial charge in [0.15, 0.2) is 8.46 Å². The van der Waals surface area contributed by atoms with Crippen LogP contribution in [0.2, 0.25) is 0 Å². The van der Waals surface area contributed by atoms with Crippen molar-refractivity contribution < 1.29 is 94.9 Å². The quantitative estimate of drug-likeness (QED) is 0.289. The van der Waals surface area contributed by atoms with Crippen LogP contribution in [0.5, 0.6) is 5.75 Å².